The van der Waals surface area contributed by atoms with Crippen LogP contribution in [0.2, 0.25) is 0 Å². The molecule has 0 saturated heterocycles. The van der Waals surface area contributed by atoms with E-state index >= 15 is 0 Å². The third-order valence-corrected chi connectivity index (χ3v) is 4.31. The quantitative estimate of drug-likeness (QED) is 0.921. The number of carbonyl (C=O) groups is 1. The molecule has 1 fully saturated rings. The Balaban J connectivity index is 1.72. The molecule has 0 radical (unpaired) electrons. The van der Waals surface area contributed by atoms with E-state index in [1.54, 1.807) is 4.90 Å². The lowest BCUT2D eigenvalue weighted by Crippen LogP contribution is -2.36. The second kappa shape index (κ2) is 5.22. The molecule has 1 saturated carbocycles. The molecule has 23 heavy (non-hydrogen) atoms. The Kier molecular flexibility index (Phi) is 3.18. The lowest BCUT2D eigenvalue weighted by Gasteiger charge is -2.22. The Labute approximate surface area is 134 Å². The lowest BCUT2D eigenvalue weighted by molar-refractivity contribution is 0.0988. The van der Waals surface area contributed by atoms with Gasteiger partial charge in [-0.15, -0.1) is 0 Å². The number of ether oxygens (including phenoxy) is 1. The molecule has 118 valence electrons. The van der Waals surface area contributed by atoms with Gasteiger partial charge in [-0.05, 0) is 43.4 Å². The summed E-state index contributed by atoms with van der Waals surface area (Å²) in [5, 5.41) is 0. The predicted molar refractivity (Wildman–Crippen MR) is 86.6 cm³/mol. The number of amides is 1. The van der Waals surface area contributed by atoms with Crippen molar-refractivity contribution in [2.45, 2.75) is 31.8 Å². The first-order valence-electron chi connectivity index (χ1n) is 7.82. The fourth-order valence-corrected chi connectivity index (χ4v) is 2.94. The third-order valence-electron chi connectivity index (χ3n) is 4.31. The van der Waals surface area contributed by atoms with Crippen molar-refractivity contribution in [1.29, 1.82) is 0 Å². The maximum Gasteiger partial charge on any atom is 0.267 e. The smallest absolute Gasteiger partial charge is 0.267 e. The van der Waals surface area contributed by atoms with Gasteiger partial charge in [-0.2, -0.15) is 0 Å². The highest BCUT2D eigenvalue weighted by molar-refractivity contribution is 6.10. The van der Waals surface area contributed by atoms with Crippen molar-refractivity contribution in [3.8, 4) is 5.88 Å². The van der Waals surface area contributed by atoms with Crippen LogP contribution in [0.3, 0.4) is 0 Å². The number of benzene rings is 1. The van der Waals surface area contributed by atoms with E-state index in [4.69, 9.17) is 10.5 Å². The van der Waals surface area contributed by atoms with E-state index in [9.17, 15) is 4.79 Å². The van der Waals surface area contributed by atoms with Crippen molar-refractivity contribution in [2.75, 3.05) is 17.2 Å². The number of aromatic nitrogens is 2. The van der Waals surface area contributed by atoms with Gasteiger partial charge in [0.05, 0.1) is 6.54 Å². The number of nitrogen functional groups attached to an aromatic ring is 1. The largest absolute Gasteiger partial charge is 0.472 e. The third kappa shape index (κ3) is 2.50. The number of rotatable bonds is 2. The van der Waals surface area contributed by atoms with Crippen LogP contribution in [0.5, 0.6) is 5.88 Å². The normalized spacial score (nSPS) is 20.7. The Hall–Kier alpha value is -2.63. The fraction of sp³-hybridized carbons (Fsp3) is 0.353. The second-order valence-corrected chi connectivity index (χ2v) is 6.15. The molecule has 1 aliphatic heterocycles. The topological polar surface area (TPSA) is 81.3 Å². The fourth-order valence-electron chi connectivity index (χ4n) is 2.94. The maximum absolute atomic E-state index is 12.9. The maximum atomic E-state index is 12.9. The number of fused-ring (bicyclic) bond motifs is 1. The Bertz CT molecular complexity index is 756. The van der Waals surface area contributed by atoms with Gasteiger partial charge in [-0.25, -0.2) is 9.97 Å². The Morgan fingerprint density at radius 2 is 1.96 bits per heavy atom. The van der Waals surface area contributed by atoms with Gasteiger partial charge >= 0.3 is 0 Å². The van der Waals surface area contributed by atoms with E-state index in [1.165, 1.54) is 24.7 Å². The van der Waals surface area contributed by atoms with Gasteiger partial charge in [0.2, 0.25) is 5.88 Å². The molecule has 0 bridgehead atoms. The number of nitrogens with two attached hydrogens (primary N) is 1. The molecule has 2 N–H and O–H groups in total. The van der Waals surface area contributed by atoms with E-state index in [-0.39, 0.29) is 29.3 Å². The molecule has 1 aromatic carbocycles. The van der Waals surface area contributed by atoms with Crippen LogP contribution in [0.25, 0.3) is 0 Å². The predicted octanol–water partition coefficient (Wildman–Crippen LogP) is 2.36. The summed E-state index contributed by atoms with van der Waals surface area (Å²) in [6.07, 6.45) is 3.65. The van der Waals surface area contributed by atoms with Gasteiger partial charge in [-0.1, -0.05) is 12.1 Å². The molecule has 2 heterocycles. The molecule has 0 spiro atoms. The summed E-state index contributed by atoms with van der Waals surface area (Å²) in [7, 11) is 0. The number of anilines is 2. The summed E-state index contributed by atoms with van der Waals surface area (Å²) < 4.78 is 5.74. The van der Waals surface area contributed by atoms with Crippen molar-refractivity contribution in [3.05, 3.63) is 41.7 Å². The summed E-state index contributed by atoms with van der Waals surface area (Å²) in [6.45, 7) is 2.35. The Morgan fingerprint density at radius 3 is 2.65 bits per heavy atom. The highest BCUT2D eigenvalue weighted by Crippen LogP contribution is 2.40. The molecule has 1 aromatic heterocycles. The van der Waals surface area contributed by atoms with Crippen molar-refractivity contribution in [3.63, 3.8) is 0 Å². The van der Waals surface area contributed by atoms with E-state index in [0.717, 1.165) is 5.69 Å². The van der Waals surface area contributed by atoms with E-state index < -0.39 is 0 Å². The van der Waals surface area contributed by atoms with Gasteiger partial charge in [-0.3, -0.25) is 4.79 Å². The number of carbonyl (C=O) groups excluding carboxylic acids is 1. The summed E-state index contributed by atoms with van der Waals surface area (Å²) >= 11 is 0. The molecular formula is C17H18N4O2. The van der Waals surface area contributed by atoms with Gasteiger partial charge in [0.1, 0.15) is 23.8 Å². The molecule has 1 amide bonds. The van der Waals surface area contributed by atoms with Crippen LogP contribution in [0, 0.1) is 0 Å². The first kappa shape index (κ1) is 14.0. The summed E-state index contributed by atoms with van der Waals surface area (Å²) in [6, 6.07) is 8.18. The van der Waals surface area contributed by atoms with Gasteiger partial charge in [0.15, 0.2) is 0 Å². The van der Waals surface area contributed by atoms with Crippen LogP contribution in [0.15, 0.2) is 30.6 Å². The molecule has 0 unspecified atom stereocenters. The van der Waals surface area contributed by atoms with Gasteiger partial charge < -0.3 is 15.4 Å². The second-order valence-electron chi connectivity index (χ2n) is 6.15. The first-order chi connectivity index (χ1) is 11.1. The summed E-state index contributed by atoms with van der Waals surface area (Å²) in [5.41, 5.74) is 8.29. The van der Waals surface area contributed by atoms with Crippen LogP contribution in [-0.2, 0) is 0 Å². The zero-order valence-corrected chi connectivity index (χ0v) is 12.9. The number of hydrogen-bond donors (Lipinski definition) is 1. The summed E-state index contributed by atoms with van der Waals surface area (Å²) in [4.78, 5) is 22.6. The highest BCUT2D eigenvalue weighted by atomic mass is 16.5. The van der Waals surface area contributed by atoms with E-state index in [1.807, 2.05) is 19.1 Å². The molecule has 1 atom stereocenters. The first-order valence-corrected chi connectivity index (χ1v) is 7.82. The number of nitrogens with zero attached hydrogens (tertiary/aromatic N) is 3. The lowest BCUT2D eigenvalue weighted by atomic mass is 10.1. The minimum atomic E-state index is -0.221. The van der Waals surface area contributed by atoms with Gasteiger partial charge in [0, 0.05) is 5.69 Å². The molecule has 6 heteroatoms. The minimum Gasteiger partial charge on any atom is -0.472 e. The molecule has 1 aliphatic carbocycles. The SMILES string of the molecule is C[C@@H]1CN(c2ccc(C3CC3)cc2)C(=O)c2c(N)ncnc2O1. The van der Waals surface area contributed by atoms with Crippen molar-refractivity contribution in [1.82, 2.24) is 9.97 Å². The molecule has 4 rings (SSSR count). The average molecular weight is 310 g/mol. The highest BCUT2D eigenvalue weighted by Gasteiger charge is 2.31. The Morgan fingerprint density at radius 1 is 1.22 bits per heavy atom. The van der Waals surface area contributed by atoms with E-state index in [0.29, 0.717) is 12.5 Å². The monoisotopic (exact) mass is 310 g/mol. The zero-order valence-electron chi connectivity index (χ0n) is 12.9. The van der Waals surface area contributed by atoms with Crippen LogP contribution >= 0.6 is 0 Å². The molecule has 6 nitrogen and oxygen atoms in total. The molecular weight excluding hydrogens is 292 g/mol. The van der Waals surface area contributed by atoms with Crippen LogP contribution in [0.1, 0.15) is 41.6 Å². The van der Waals surface area contributed by atoms with Crippen LogP contribution in [0.4, 0.5) is 11.5 Å². The number of hydrogen-bond acceptors (Lipinski definition) is 5. The van der Waals surface area contributed by atoms with Crippen LogP contribution < -0.4 is 15.4 Å². The van der Waals surface area contributed by atoms with Crippen LogP contribution in [-0.4, -0.2) is 28.5 Å². The van der Waals surface area contributed by atoms with Crippen molar-refractivity contribution >= 4 is 17.4 Å². The molecule has 2 aromatic rings. The zero-order chi connectivity index (χ0) is 16.0. The summed E-state index contributed by atoms with van der Waals surface area (Å²) in [5.74, 6) is 0.873. The average Bonchev–Trinajstić information content (AvgIpc) is 3.37. The molecule has 2 aliphatic rings. The van der Waals surface area contributed by atoms with Gasteiger partial charge in [0.25, 0.3) is 5.91 Å². The van der Waals surface area contributed by atoms with E-state index in [2.05, 4.69) is 22.1 Å². The van der Waals surface area contributed by atoms with Crippen molar-refractivity contribution in [2.24, 2.45) is 0 Å². The van der Waals surface area contributed by atoms with Crippen molar-refractivity contribution < 1.29 is 9.53 Å². The minimum absolute atomic E-state index is 0.147. The standard InChI is InChI=1S/C17H18N4O2/c1-10-8-21(13-6-4-12(5-7-13)11-2-3-11)17(22)14-15(18)19-9-20-16(14)23-10/h4-7,9-11H,2-3,8H2,1H3,(H2,18,19,20)/t10-/m1/s1.